The summed E-state index contributed by atoms with van der Waals surface area (Å²) in [4.78, 5) is 27.1. The van der Waals surface area contributed by atoms with Gasteiger partial charge in [0.2, 0.25) is 5.91 Å². The number of anilines is 1. The van der Waals surface area contributed by atoms with Crippen molar-refractivity contribution in [1.29, 1.82) is 0 Å². The highest BCUT2D eigenvalue weighted by Gasteiger charge is 2.30. The maximum Gasteiger partial charge on any atom is 0.266 e. The van der Waals surface area contributed by atoms with Gasteiger partial charge < -0.3 is 15.0 Å². The van der Waals surface area contributed by atoms with Crippen LogP contribution in [0.5, 0.6) is 5.75 Å². The Labute approximate surface area is 207 Å². The van der Waals surface area contributed by atoms with Crippen molar-refractivity contribution in [3.05, 3.63) is 95.6 Å². The molecule has 1 atom stereocenters. The van der Waals surface area contributed by atoms with E-state index in [0.717, 1.165) is 22.5 Å². The topological polar surface area (TPSA) is 76.5 Å². The molecule has 1 aliphatic heterocycles. The largest absolute Gasteiger partial charge is 0.478 e. The SMILES string of the molecule is CN(Cc1cn(-c2ccccc2)nc1-c1ccc(Cl)cc1)C(=O)C[C@@H]1Oc2ccccc2NC1=O. The van der Waals surface area contributed by atoms with Gasteiger partial charge in [-0.15, -0.1) is 0 Å². The highest BCUT2D eigenvalue weighted by molar-refractivity contribution is 6.30. The Morgan fingerprint density at radius 3 is 2.54 bits per heavy atom. The first-order valence-electron chi connectivity index (χ1n) is 11.2. The Morgan fingerprint density at radius 2 is 1.77 bits per heavy atom. The van der Waals surface area contributed by atoms with Crippen molar-refractivity contribution in [2.24, 2.45) is 0 Å². The van der Waals surface area contributed by atoms with E-state index >= 15 is 0 Å². The number of carbonyl (C=O) groups excluding carboxylic acids is 2. The van der Waals surface area contributed by atoms with Crippen LogP contribution >= 0.6 is 11.6 Å². The standard InChI is InChI=1S/C27H23ClN4O3/c1-31(25(33)15-24-27(34)29-22-9-5-6-10-23(22)35-24)16-19-17-32(21-7-3-2-4-8-21)30-26(19)18-11-13-20(28)14-12-18/h2-14,17,24H,15-16H2,1H3,(H,29,34)/t24-/m0/s1. The first-order valence-corrected chi connectivity index (χ1v) is 11.6. The molecule has 2 heterocycles. The van der Waals surface area contributed by atoms with Gasteiger partial charge in [0.05, 0.1) is 23.5 Å². The lowest BCUT2D eigenvalue weighted by atomic mass is 10.1. The van der Waals surface area contributed by atoms with E-state index in [-0.39, 0.29) is 18.2 Å². The molecule has 0 spiro atoms. The lowest BCUT2D eigenvalue weighted by Gasteiger charge is -2.27. The van der Waals surface area contributed by atoms with E-state index in [2.05, 4.69) is 5.32 Å². The quantitative estimate of drug-likeness (QED) is 0.419. The van der Waals surface area contributed by atoms with E-state index in [1.54, 1.807) is 28.8 Å². The molecule has 7 nitrogen and oxygen atoms in total. The Kier molecular flexibility index (Phi) is 6.25. The van der Waals surface area contributed by atoms with Gasteiger partial charge in [0.25, 0.3) is 5.91 Å². The zero-order chi connectivity index (χ0) is 24.4. The molecule has 0 radical (unpaired) electrons. The Bertz CT molecular complexity index is 1370. The van der Waals surface area contributed by atoms with Crippen LogP contribution in [0, 0.1) is 0 Å². The Morgan fingerprint density at radius 1 is 1.06 bits per heavy atom. The van der Waals surface area contributed by atoms with Gasteiger partial charge in [-0.05, 0) is 36.4 Å². The minimum atomic E-state index is -0.886. The monoisotopic (exact) mass is 486 g/mol. The molecule has 0 aliphatic carbocycles. The highest BCUT2D eigenvalue weighted by Crippen LogP contribution is 2.30. The molecule has 0 saturated heterocycles. The summed E-state index contributed by atoms with van der Waals surface area (Å²) in [5, 5.41) is 8.23. The van der Waals surface area contributed by atoms with E-state index in [1.165, 1.54) is 0 Å². The predicted octanol–water partition coefficient (Wildman–Crippen LogP) is 4.94. The number of rotatable bonds is 6. The summed E-state index contributed by atoms with van der Waals surface area (Å²) in [7, 11) is 1.71. The molecule has 3 aromatic carbocycles. The average molecular weight is 487 g/mol. The number of carbonyl (C=O) groups is 2. The van der Waals surface area contributed by atoms with Crippen molar-refractivity contribution < 1.29 is 14.3 Å². The van der Waals surface area contributed by atoms with Crippen molar-refractivity contribution in [3.8, 4) is 22.7 Å². The van der Waals surface area contributed by atoms with Crippen molar-refractivity contribution in [2.75, 3.05) is 12.4 Å². The number of hydrogen-bond acceptors (Lipinski definition) is 4. The van der Waals surface area contributed by atoms with Gasteiger partial charge in [0, 0.05) is 35.9 Å². The summed E-state index contributed by atoms with van der Waals surface area (Å²) in [5.74, 6) is 0.0185. The lowest BCUT2D eigenvalue weighted by Crippen LogP contribution is -2.41. The van der Waals surface area contributed by atoms with Crippen LogP contribution in [0.2, 0.25) is 5.02 Å². The van der Waals surface area contributed by atoms with Crippen LogP contribution in [0.3, 0.4) is 0 Å². The number of benzene rings is 3. The third kappa shape index (κ3) is 4.90. The van der Waals surface area contributed by atoms with Gasteiger partial charge in [-0.1, -0.05) is 54.1 Å². The molecule has 1 aromatic heterocycles. The van der Waals surface area contributed by atoms with Gasteiger partial charge in [0.15, 0.2) is 6.10 Å². The molecule has 35 heavy (non-hydrogen) atoms. The van der Waals surface area contributed by atoms with Gasteiger partial charge in [0.1, 0.15) is 5.75 Å². The molecule has 0 saturated carbocycles. The van der Waals surface area contributed by atoms with Crippen LogP contribution in [0.1, 0.15) is 12.0 Å². The Balaban J connectivity index is 1.36. The number of fused-ring (bicyclic) bond motifs is 1. The fraction of sp³-hybridized carbons (Fsp3) is 0.148. The number of nitrogens with zero attached hydrogens (tertiary/aromatic N) is 3. The summed E-state index contributed by atoms with van der Waals surface area (Å²) < 4.78 is 7.59. The zero-order valence-corrected chi connectivity index (χ0v) is 19.8. The van der Waals surface area contributed by atoms with E-state index in [4.69, 9.17) is 21.4 Å². The molecule has 0 fully saturated rings. The van der Waals surface area contributed by atoms with Crippen molar-refractivity contribution in [2.45, 2.75) is 19.1 Å². The second-order valence-electron chi connectivity index (χ2n) is 8.34. The summed E-state index contributed by atoms with van der Waals surface area (Å²) in [5.41, 5.74) is 4.04. The molecule has 8 heteroatoms. The van der Waals surface area contributed by atoms with Gasteiger partial charge in [-0.25, -0.2) is 4.68 Å². The summed E-state index contributed by atoms with van der Waals surface area (Å²) in [6.45, 7) is 0.314. The van der Waals surface area contributed by atoms with Crippen LogP contribution in [0.25, 0.3) is 16.9 Å². The van der Waals surface area contributed by atoms with Crippen molar-refractivity contribution >= 4 is 29.1 Å². The molecular weight excluding hydrogens is 464 g/mol. The number of amides is 2. The summed E-state index contributed by atoms with van der Waals surface area (Å²) in [6, 6.07) is 24.4. The fourth-order valence-electron chi connectivity index (χ4n) is 3.97. The van der Waals surface area contributed by atoms with Gasteiger partial charge in [-0.3, -0.25) is 9.59 Å². The lowest BCUT2D eigenvalue weighted by molar-refractivity contribution is -0.136. The first-order chi connectivity index (χ1) is 17.0. The number of ether oxygens (including phenoxy) is 1. The molecule has 0 bridgehead atoms. The van der Waals surface area contributed by atoms with Crippen molar-refractivity contribution in [3.63, 3.8) is 0 Å². The number of halogens is 1. The molecule has 176 valence electrons. The Hall–Kier alpha value is -4.10. The van der Waals surface area contributed by atoms with E-state index in [9.17, 15) is 9.59 Å². The molecular formula is C27H23ClN4O3. The smallest absolute Gasteiger partial charge is 0.266 e. The molecule has 0 unspecified atom stereocenters. The van der Waals surface area contributed by atoms with Crippen LogP contribution in [-0.2, 0) is 16.1 Å². The van der Waals surface area contributed by atoms with Gasteiger partial charge in [-0.2, -0.15) is 5.10 Å². The highest BCUT2D eigenvalue weighted by atomic mass is 35.5. The van der Waals surface area contributed by atoms with E-state index in [0.29, 0.717) is 23.0 Å². The number of nitrogens with one attached hydrogen (secondary N) is 1. The minimum Gasteiger partial charge on any atom is -0.478 e. The molecule has 1 N–H and O–H groups in total. The second kappa shape index (κ2) is 9.64. The maximum absolute atomic E-state index is 13.1. The normalized spacial score (nSPS) is 14.6. The minimum absolute atomic E-state index is 0.0697. The number of aromatic nitrogens is 2. The second-order valence-corrected chi connectivity index (χ2v) is 8.77. The van der Waals surface area contributed by atoms with Crippen LogP contribution in [0.4, 0.5) is 5.69 Å². The molecule has 5 rings (SSSR count). The van der Waals surface area contributed by atoms with E-state index < -0.39 is 6.10 Å². The van der Waals surface area contributed by atoms with Crippen molar-refractivity contribution in [1.82, 2.24) is 14.7 Å². The van der Waals surface area contributed by atoms with E-state index in [1.807, 2.05) is 72.9 Å². The van der Waals surface area contributed by atoms with Gasteiger partial charge >= 0.3 is 0 Å². The van der Waals surface area contributed by atoms with Crippen LogP contribution in [0.15, 0.2) is 85.1 Å². The third-order valence-corrected chi connectivity index (χ3v) is 6.08. The number of para-hydroxylation sites is 3. The summed E-state index contributed by atoms with van der Waals surface area (Å²) >= 11 is 6.08. The predicted molar refractivity (Wildman–Crippen MR) is 135 cm³/mol. The molecule has 4 aromatic rings. The summed E-state index contributed by atoms with van der Waals surface area (Å²) in [6.07, 6.45) is 0.964. The number of hydrogen-bond donors (Lipinski definition) is 1. The third-order valence-electron chi connectivity index (χ3n) is 5.83. The molecule has 1 aliphatic rings. The zero-order valence-electron chi connectivity index (χ0n) is 19.0. The molecule has 2 amide bonds. The average Bonchev–Trinajstić information content (AvgIpc) is 3.29. The van der Waals surface area contributed by atoms with Crippen LogP contribution in [-0.4, -0.2) is 39.6 Å². The first kappa shape index (κ1) is 22.7. The van der Waals surface area contributed by atoms with Crippen LogP contribution < -0.4 is 10.1 Å². The maximum atomic E-state index is 13.1. The fourth-order valence-corrected chi connectivity index (χ4v) is 4.10.